The third-order valence-electron chi connectivity index (χ3n) is 2.90. The molecule has 0 bridgehead atoms. The van der Waals surface area contributed by atoms with Crippen LogP contribution in [0, 0.1) is 0 Å². The van der Waals surface area contributed by atoms with E-state index in [1.54, 1.807) is 0 Å². The number of nitrogens with zero attached hydrogens (tertiary/aromatic N) is 2. The molecular formula is C10H17N3O. The maximum absolute atomic E-state index is 5.92. The standard InChI is InChI=1S/C10H17N3O/c1-3-8(11)6(2)10-12-9(13-14-10)7-4-5-7/h6-8H,3-5,11H2,1-2H3/t6?,8-/m0/s1. The number of hydrogen-bond acceptors (Lipinski definition) is 4. The third-order valence-corrected chi connectivity index (χ3v) is 2.90. The molecule has 1 aliphatic rings. The normalized spacial score (nSPS) is 20.8. The average Bonchev–Trinajstić information content (AvgIpc) is 2.94. The van der Waals surface area contributed by atoms with Gasteiger partial charge in [-0.1, -0.05) is 19.0 Å². The van der Waals surface area contributed by atoms with Crippen LogP contribution in [0.5, 0.6) is 0 Å². The molecule has 0 spiro atoms. The lowest BCUT2D eigenvalue weighted by atomic mass is 10.0. The fraction of sp³-hybridized carbons (Fsp3) is 0.800. The first-order valence-electron chi connectivity index (χ1n) is 5.31. The first-order chi connectivity index (χ1) is 6.72. The number of aromatic nitrogens is 2. The van der Waals surface area contributed by atoms with E-state index in [0.717, 1.165) is 12.2 Å². The van der Waals surface area contributed by atoms with E-state index < -0.39 is 0 Å². The maximum Gasteiger partial charge on any atom is 0.231 e. The zero-order valence-corrected chi connectivity index (χ0v) is 8.73. The van der Waals surface area contributed by atoms with Crippen molar-refractivity contribution in [2.45, 2.75) is 51.0 Å². The minimum absolute atomic E-state index is 0.113. The summed E-state index contributed by atoms with van der Waals surface area (Å²) in [7, 11) is 0. The molecule has 0 aliphatic heterocycles. The molecule has 0 aromatic carbocycles. The first kappa shape index (κ1) is 9.65. The largest absolute Gasteiger partial charge is 0.339 e. The van der Waals surface area contributed by atoms with E-state index in [0.29, 0.717) is 11.8 Å². The summed E-state index contributed by atoms with van der Waals surface area (Å²) in [6, 6.07) is 0.113. The number of rotatable bonds is 4. The van der Waals surface area contributed by atoms with E-state index in [1.165, 1.54) is 12.8 Å². The average molecular weight is 195 g/mol. The van der Waals surface area contributed by atoms with Gasteiger partial charge in [0.25, 0.3) is 0 Å². The second-order valence-electron chi connectivity index (χ2n) is 4.13. The SMILES string of the molecule is CC[C@H](N)C(C)c1nc(C2CC2)no1. The molecule has 0 radical (unpaired) electrons. The van der Waals surface area contributed by atoms with E-state index in [4.69, 9.17) is 10.3 Å². The van der Waals surface area contributed by atoms with Crippen LogP contribution in [0.25, 0.3) is 0 Å². The van der Waals surface area contributed by atoms with E-state index in [-0.39, 0.29) is 12.0 Å². The van der Waals surface area contributed by atoms with Gasteiger partial charge in [-0.3, -0.25) is 0 Å². The molecule has 1 saturated carbocycles. The van der Waals surface area contributed by atoms with Crippen molar-refractivity contribution in [3.05, 3.63) is 11.7 Å². The van der Waals surface area contributed by atoms with Gasteiger partial charge in [-0.15, -0.1) is 0 Å². The summed E-state index contributed by atoms with van der Waals surface area (Å²) in [4.78, 5) is 4.38. The van der Waals surface area contributed by atoms with Crippen LogP contribution >= 0.6 is 0 Å². The molecule has 1 fully saturated rings. The summed E-state index contributed by atoms with van der Waals surface area (Å²) in [6.45, 7) is 4.11. The van der Waals surface area contributed by atoms with Gasteiger partial charge in [0, 0.05) is 12.0 Å². The molecule has 1 aliphatic carbocycles. The molecule has 2 atom stereocenters. The minimum atomic E-state index is 0.113. The lowest BCUT2D eigenvalue weighted by Crippen LogP contribution is -2.25. The van der Waals surface area contributed by atoms with Gasteiger partial charge in [-0.25, -0.2) is 0 Å². The highest BCUT2D eigenvalue weighted by Gasteiger charge is 2.30. The molecule has 1 aromatic heterocycles. The summed E-state index contributed by atoms with van der Waals surface area (Å²) < 4.78 is 5.21. The highest BCUT2D eigenvalue weighted by Crippen LogP contribution is 2.38. The van der Waals surface area contributed by atoms with Crippen molar-refractivity contribution in [1.29, 1.82) is 0 Å². The van der Waals surface area contributed by atoms with E-state index in [1.807, 2.05) is 6.92 Å². The predicted octanol–water partition coefficient (Wildman–Crippen LogP) is 1.79. The predicted molar refractivity (Wildman–Crippen MR) is 53.0 cm³/mol. The van der Waals surface area contributed by atoms with Crippen LogP contribution in [0.15, 0.2) is 4.52 Å². The Labute approximate surface area is 83.9 Å². The van der Waals surface area contributed by atoms with Gasteiger partial charge in [-0.05, 0) is 19.3 Å². The molecule has 1 aromatic rings. The van der Waals surface area contributed by atoms with Crippen LogP contribution in [0.4, 0.5) is 0 Å². The minimum Gasteiger partial charge on any atom is -0.339 e. The van der Waals surface area contributed by atoms with Crippen LogP contribution in [0.3, 0.4) is 0 Å². The maximum atomic E-state index is 5.92. The lowest BCUT2D eigenvalue weighted by Gasteiger charge is -2.13. The molecule has 4 nitrogen and oxygen atoms in total. The molecule has 0 saturated heterocycles. The van der Waals surface area contributed by atoms with Crippen molar-refractivity contribution in [3.8, 4) is 0 Å². The Bertz CT molecular complexity index is 306. The van der Waals surface area contributed by atoms with Gasteiger partial charge in [0.05, 0.1) is 5.92 Å². The first-order valence-corrected chi connectivity index (χ1v) is 5.31. The summed E-state index contributed by atoms with van der Waals surface area (Å²) in [6.07, 6.45) is 3.34. The summed E-state index contributed by atoms with van der Waals surface area (Å²) in [5, 5.41) is 3.97. The third kappa shape index (κ3) is 1.80. The zero-order valence-electron chi connectivity index (χ0n) is 8.73. The zero-order chi connectivity index (χ0) is 10.1. The van der Waals surface area contributed by atoms with Crippen molar-refractivity contribution >= 4 is 0 Å². The fourth-order valence-electron chi connectivity index (χ4n) is 1.48. The molecule has 2 rings (SSSR count). The van der Waals surface area contributed by atoms with Gasteiger partial charge in [0.2, 0.25) is 5.89 Å². The number of nitrogens with two attached hydrogens (primary N) is 1. The molecule has 78 valence electrons. The van der Waals surface area contributed by atoms with E-state index in [2.05, 4.69) is 17.1 Å². The summed E-state index contributed by atoms with van der Waals surface area (Å²) in [5.41, 5.74) is 5.92. The van der Waals surface area contributed by atoms with Crippen molar-refractivity contribution < 1.29 is 4.52 Å². The number of hydrogen-bond donors (Lipinski definition) is 1. The highest BCUT2D eigenvalue weighted by atomic mass is 16.5. The van der Waals surface area contributed by atoms with Crippen LogP contribution in [0.1, 0.15) is 56.7 Å². The molecule has 4 heteroatoms. The Morgan fingerprint density at radius 1 is 1.57 bits per heavy atom. The van der Waals surface area contributed by atoms with Crippen molar-refractivity contribution in [1.82, 2.24) is 10.1 Å². The van der Waals surface area contributed by atoms with E-state index >= 15 is 0 Å². The van der Waals surface area contributed by atoms with Gasteiger partial charge >= 0.3 is 0 Å². The molecular weight excluding hydrogens is 178 g/mol. The van der Waals surface area contributed by atoms with Crippen molar-refractivity contribution in [2.75, 3.05) is 0 Å². The summed E-state index contributed by atoms with van der Waals surface area (Å²) in [5.74, 6) is 2.29. The molecule has 2 N–H and O–H groups in total. The van der Waals surface area contributed by atoms with Crippen molar-refractivity contribution in [3.63, 3.8) is 0 Å². The van der Waals surface area contributed by atoms with Crippen molar-refractivity contribution in [2.24, 2.45) is 5.73 Å². The van der Waals surface area contributed by atoms with E-state index in [9.17, 15) is 0 Å². The quantitative estimate of drug-likeness (QED) is 0.795. The second-order valence-corrected chi connectivity index (χ2v) is 4.13. The van der Waals surface area contributed by atoms with Crippen LogP contribution < -0.4 is 5.73 Å². The van der Waals surface area contributed by atoms with Gasteiger partial charge in [0.15, 0.2) is 5.82 Å². The van der Waals surface area contributed by atoms with Crippen LogP contribution in [0.2, 0.25) is 0 Å². The lowest BCUT2D eigenvalue weighted by molar-refractivity contribution is 0.336. The molecule has 0 amide bonds. The van der Waals surface area contributed by atoms with Gasteiger partial charge < -0.3 is 10.3 Å². The Morgan fingerprint density at radius 2 is 2.29 bits per heavy atom. The Balaban J connectivity index is 2.07. The van der Waals surface area contributed by atoms with Crippen LogP contribution in [-0.2, 0) is 0 Å². The molecule has 1 heterocycles. The monoisotopic (exact) mass is 195 g/mol. The second kappa shape index (κ2) is 3.69. The highest BCUT2D eigenvalue weighted by molar-refractivity contribution is 5.05. The fourth-order valence-corrected chi connectivity index (χ4v) is 1.48. The Morgan fingerprint density at radius 3 is 2.86 bits per heavy atom. The van der Waals surface area contributed by atoms with Crippen LogP contribution in [-0.4, -0.2) is 16.2 Å². The summed E-state index contributed by atoms with van der Waals surface area (Å²) >= 11 is 0. The molecule has 14 heavy (non-hydrogen) atoms. The smallest absolute Gasteiger partial charge is 0.231 e. The molecule has 1 unspecified atom stereocenters. The van der Waals surface area contributed by atoms with Gasteiger partial charge in [0.1, 0.15) is 0 Å². The Kier molecular flexibility index (Phi) is 2.54. The Hall–Kier alpha value is -0.900. The topological polar surface area (TPSA) is 64.9 Å². The van der Waals surface area contributed by atoms with Gasteiger partial charge in [-0.2, -0.15) is 4.98 Å².